The molecule has 0 unspecified atom stereocenters. The SMILES string of the molecule is C[C@@H]1[C@H]2C[C@@H](C[C@H]1c1ccco1)C2(C)C. The monoisotopic (exact) mass is 204 g/mol. The van der Waals surface area contributed by atoms with E-state index in [-0.39, 0.29) is 0 Å². The van der Waals surface area contributed by atoms with Crippen molar-refractivity contribution in [1.82, 2.24) is 0 Å². The number of hydrogen-bond acceptors (Lipinski definition) is 1. The number of hydrogen-bond donors (Lipinski definition) is 0. The smallest absolute Gasteiger partial charge is 0.107 e. The minimum Gasteiger partial charge on any atom is -0.469 e. The van der Waals surface area contributed by atoms with Crippen molar-refractivity contribution in [2.24, 2.45) is 23.2 Å². The van der Waals surface area contributed by atoms with E-state index >= 15 is 0 Å². The molecule has 0 spiro atoms. The first-order valence-electron chi connectivity index (χ1n) is 6.14. The molecule has 82 valence electrons. The summed E-state index contributed by atoms with van der Waals surface area (Å²) in [5.41, 5.74) is 0.586. The molecule has 0 radical (unpaired) electrons. The number of fused-ring (bicyclic) bond motifs is 2. The van der Waals surface area contributed by atoms with Gasteiger partial charge in [0.25, 0.3) is 0 Å². The van der Waals surface area contributed by atoms with Crippen LogP contribution in [-0.4, -0.2) is 0 Å². The molecule has 1 heteroatoms. The van der Waals surface area contributed by atoms with Crippen LogP contribution in [-0.2, 0) is 0 Å². The summed E-state index contributed by atoms with van der Waals surface area (Å²) in [5, 5.41) is 0. The van der Waals surface area contributed by atoms with Crippen LogP contribution in [0, 0.1) is 23.2 Å². The van der Waals surface area contributed by atoms with Gasteiger partial charge in [0.2, 0.25) is 0 Å². The zero-order valence-electron chi connectivity index (χ0n) is 9.86. The van der Waals surface area contributed by atoms with Crippen molar-refractivity contribution in [2.75, 3.05) is 0 Å². The molecule has 0 amide bonds. The molecular formula is C14H20O. The van der Waals surface area contributed by atoms with Gasteiger partial charge in [0.1, 0.15) is 5.76 Å². The molecule has 4 atom stereocenters. The Bertz CT molecular complexity index is 349. The molecule has 0 aromatic carbocycles. The maximum Gasteiger partial charge on any atom is 0.107 e. The zero-order valence-corrected chi connectivity index (χ0v) is 9.86. The maximum atomic E-state index is 5.58. The van der Waals surface area contributed by atoms with E-state index in [2.05, 4.69) is 26.8 Å². The van der Waals surface area contributed by atoms with Gasteiger partial charge in [-0.3, -0.25) is 0 Å². The maximum absolute atomic E-state index is 5.58. The lowest BCUT2D eigenvalue weighted by Gasteiger charge is -2.61. The largest absolute Gasteiger partial charge is 0.469 e. The molecule has 3 saturated carbocycles. The van der Waals surface area contributed by atoms with Crippen molar-refractivity contribution in [3.63, 3.8) is 0 Å². The molecule has 1 heterocycles. The summed E-state index contributed by atoms with van der Waals surface area (Å²) in [6.07, 6.45) is 4.59. The quantitative estimate of drug-likeness (QED) is 0.672. The standard InChI is InChI=1S/C14H20O/c1-9-11(13-5-4-6-15-13)7-10-8-12(9)14(10,2)3/h4-6,9-12H,7-8H2,1-3H3/t9-,10+,11+,12+/m0/s1. The van der Waals surface area contributed by atoms with E-state index in [1.165, 1.54) is 18.6 Å². The molecule has 15 heavy (non-hydrogen) atoms. The Morgan fingerprint density at radius 2 is 2.13 bits per heavy atom. The van der Waals surface area contributed by atoms with Crippen LogP contribution in [0.5, 0.6) is 0 Å². The van der Waals surface area contributed by atoms with E-state index in [1.807, 2.05) is 12.3 Å². The fourth-order valence-corrected chi connectivity index (χ4v) is 4.03. The number of furan rings is 1. The number of rotatable bonds is 1. The Labute approximate surface area is 91.9 Å². The average molecular weight is 204 g/mol. The second kappa shape index (κ2) is 2.90. The lowest BCUT2D eigenvalue weighted by Crippen LogP contribution is -2.54. The second-order valence-corrected chi connectivity index (χ2v) is 6.08. The molecule has 1 aromatic rings. The third kappa shape index (κ3) is 1.15. The van der Waals surface area contributed by atoms with E-state index < -0.39 is 0 Å². The highest BCUT2D eigenvalue weighted by atomic mass is 16.3. The lowest BCUT2D eigenvalue weighted by molar-refractivity contribution is -0.113. The molecule has 1 aromatic heterocycles. The van der Waals surface area contributed by atoms with Crippen LogP contribution in [0.2, 0.25) is 0 Å². The van der Waals surface area contributed by atoms with Crippen molar-refractivity contribution >= 4 is 0 Å². The molecule has 0 aliphatic heterocycles. The van der Waals surface area contributed by atoms with Crippen LogP contribution < -0.4 is 0 Å². The zero-order chi connectivity index (χ0) is 10.6. The molecule has 3 fully saturated rings. The first kappa shape index (κ1) is 9.50. The summed E-state index contributed by atoms with van der Waals surface area (Å²) < 4.78 is 5.58. The Hall–Kier alpha value is -0.720. The van der Waals surface area contributed by atoms with Gasteiger partial charge in [-0.05, 0) is 48.1 Å². The molecule has 3 aliphatic carbocycles. The molecular weight excluding hydrogens is 184 g/mol. The predicted octanol–water partition coefficient (Wildman–Crippen LogP) is 4.07. The van der Waals surface area contributed by atoms with Gasteiger partial charge >= 0.3 is 0 Å². The Kier molecular flexibility index (Phi) is 1.84. The fourth-order valence-electron chi connectivity index (χ4n) is 4.03. The van der Waals surface area contributed by atoms with Crippen molar-refractivity contribution < 1.29 is 4.42 Å². The normalized spacial score (nSPS) is 42.3. The van der Waals surface area contributed by atoms with E-state index in [9.17, 15) is 0 Å². The first-order chi connectivity index (χ1) is 7.10. The molecule has 0 N–H and O–H groups in total. The highest BCUT2D eigenvalue weighted by Crippen LogP contribution is 2.64. The van der Waals surface area contributed by atoms with Gasteiger partial charge < -0.3 is 4.42 Å². The van der Waals surface area contributed by atoms with Crippen LogP contribution in [0.15, 0.2) is 22.8 Å². The topological polar surface area (TPSA) is 13.1 Å². The molecule has 0 saturated heterocycles. The van der Waals surface area contributed by atoms with Gasteiger partial charge in [0.05, 0.1) is 6.26 Å². The molecule has 4 rings (SSSR count). The predicted molar refractivity (Wildman–Crippen MR) is 60.6 cm³/mol. The van der Waals surface area contributed by atoms with Gasteiger partial charge in [-0.1, -0.05) is 20.8 Å². The fraction of sp³-hybridized carbons (Fsp3) is 0.714. The first-order valence-corrected chi connectivity index (χ1v) is 6.14. The van der Waals surface area contributed by atoms with Crippen molar-refractivity contribution in [1.29, 1.82) is 0 Å². The van der Waals surface area contributed by atoms with Gasteiger partial charge in [-0.2, -0.15) is 0 Å². The highest BCUT2D eigenvalue weighted by Gasteiger charge is 2.56. The highest BCUT2D eigenvalue weighted by molar-refractivity contribution is 5.15. The van der Waals surface area contributed by atoms with E-state index in [0.717, 1.165) is 17.8 Å². The van der Waals surface area contributed by atoms with Crippen LogP contribution in [0.25, 0.3) is 0 Å². The van der Waals surface area contributed by atoms with E-state index in [0.29, 0.717) is 11.3 Å². The third-order valence-electron chi connectivity index (χ3n) is 5.26. The van der Waals surface area contributed by atoms with Crippen molar-refractivity contribution in [2.45, 2.75) is 39.5 Å². The lowest BCUT2D eigenvalue weighted by atomic mass is 9.43. The summed E-state index contributed by atoms with van der Waals surface area (Å²) in [5.74, 6) is 4.51. The van der Waals surface area contributed by atoms with Crippen molar-refractivity contribution in [3.8, 4) is 0 Å². The average Bonchev–Trinajstić information content (AvgIpc) is 2.70. The Morgan fingerprint density at radius 3 is 2.67 bits per heavy atom. The van der Waals surface area contributed by atoms with Gasteiger partial charge in [0, 0.05) is 5.92 Å². The van der Waals surface area contributed by atoms with E-state index in [1.54, 1.807) is 0 Å². The molecule has 3 aliphatic rings. The Balaban J connectivity index is 1.86. The molecule has 2 bridgehead atoms. The minimum absolute atomic E-state index is 0.586. The van der Waals surface area contributed by atoms with Crippen LogP contribution in [0.3, 0.4) is 0 Å². The van der Waals surface area contributed by atoms with Crippen LogP contribution in [0.1, 0.15) is 45.3 Å². The van der Waals surface area contributed by atoms with Gasteiger partial charge in [-0.25, -0.2) is 0 Å². The summed E-state index contributed by atoms with van der Waals surface area (Å²) in [6, 6.07) is 4.17. The van der Waals surface area contributed by atoms with Gasteiger partial charge in [0.15, 0.2) is 0 Å². The van der Waals surface area contributed by atoms with Crippen LogP contribution >= 0.6 is 0 Å². The summed E-state index contributed by atoms with van der Waals surface area (Å²) >= 11 is 0. The van der Waals surface area contributed by atoms with Crippen LogP contribution in [0.4, 0.5) is 0 Å². The Morgan fingerprint density at radius 1 is 1.33 bits per heavy atom. The summed E-state index contributed by atoms with van der Waals surface area (Å²) in [7, 11) is 0. The minimum atomic E-state index is 0.586. The summed E-state index contributed by atoms with van der Waals surface area (Å²) in [4.78, 5) is 0. The van der Waals surface area contributed by atoms with E-state index in [4.69, 9.17) is 4.42 Å². The second-order valence-electron chi connectivity index (χ2n) is 6.08. The summed E-state index contributed by atoms with van der Waals surface area (Å²) in [6.45, 7) is 7.30. The van der Waals surface area contributed by atoms with Gasteiger partial charge in [-0.15, -0.1) is 0 Å². The van der Waals surface area contributed by atoms with Crippen molar-refractivity contribution in [3.05, 3.63) is 24.2 Å². The third-order valence-corrected chi connectivity index (χ3v) is 5.26. The molecule has 1 nitrogen and oxygen atoms in total.